The fourth-order valence-electron chi connectivity index (χ4n) is 0.756. The fraction of sp³-hybridized carbons (Fsp3) is 0.800. The summed E-state index contributed by atoms with van der Waals surface area (Å²) in [5.74, 6) is -4.45. The molecule has 0 radical (unpaired) electrons. The van der Waals surface area contributed by atoms with Crippen LogP contribution in [0.2, 0.25) is 0 Å². The van der Waals surface area contributed by atoms with Gasteiger partial charge in [0.25, 0.3) is 6.10 Å². The van der Waals surface area contributed by atoms with Gasteiger partial charge in [-0.3, -0.25) is 0 Å². The highest BCUT2D eigenvalue weighted by Gasteiger charge is 2.65. The van der Waals surface area contributed by atoms with Crippen LogP contribution in [-0.4, -0.2) is 31.0 Å². The molecule has 76 valence electrons. The summed E-state index contributed by atoms with van der Waals surface area (Å²) in [5, 5.41) is 0. The van der Waals surface area contributed by atoms with Gasteiger partial charge in [0.05, 0.1) is 0 Å². The molecule has 0 aromatic carbocycles. The third-order valence-electron chi connectivity index (χ3n) is 1.30. The maximum atomic E-state index is 12.3. The Labute approximate surface area is 68.4 Å². The smallest absolute Gasteiger partial charge is 0.413 e. The van der Waals surface area contributed by atoms with E-state index in [2.05, 4.69) is 9.47 Å². The first-order valence-electron chi connectivity index (χ1n) is 3.01. The fourth-order valence-corrected chi connectivity index (χ4v) is 0.756. The third-order valence-corrected chi connectivity index (χ3v) is 1.30. The monoisotopic (exact) mass is 206 g/mol. The molecule has 0 aromatic heterocycles. The van der Waals surface area contributed by atoms with Crippen molar-refractivity contribution in [3.05, 3.63) is 0 Å². The van der Waals surface area contributed by atoms with Crippen LogP contribution in [0.3, 0.4) is 0 Å². The lowest BCUT2D eigenvalue weighted by atomic mass is 10.2. The maximum absolute atomic E-state index is 12.3. The van der Waals surface area contributed by atoms with Crippen molar-refractivity contribution >= 4 is 6.16 Å². The molecule has 1 aliphatic heterocycles. The summed E-state index contributed by atoms with van der Waals surface area (Å²) in [6.45, 7) is -2.36. The number of halogens is 5. The number of cyclic esters (lactones) is 2. The van der Waals surface area contributed by atoms with Gasteiger partial charge in [0.2, 0.25) is 0 Å². The molecule has 1 saturated heterocycles. The molecule has 0 aromatic rings. The van der Waals surface area contributed by atoms with Crippen molar-refractivity contribution in [1.82, 2.24) is 0 Å². The van der Waals surface area contributed by atoms with Crippen LogP contribution < -0.4 is 0 Å². The van der Waals surface area contributed by atoms with Crippen molar-refractivity contribution in [2.75, 3.05) is 6.67 Å². The maximum Gasteiger partial charge on any atom is 0.513 e. The van der Waals surface area contributed by atoms with Crippen molar-refractivity contribution in [3.8, 4) is 0 Å². The molecule has 0 N–H and O–H groups in total. The summed E-state index contributed by atoms with van der Waals surface area (Å²) in [4.78, 5) is 10.1. The Morgan fingerprint density at radius 1 is 1.46 bits per heavy atom. The molecule has 1 fully saturated rings. The number of alkyl halides is 5. The summed E-state index contributed by atoms with van der Waals surface area (Å²) >= 11 is 0. The summed E-state index contributed by atoms with van der Waals surface area (Å²) in [7, 11) is 0. The third kappa shape index (κ3) is 1.65. The molecule has 0 spiro atoms. The predicted octanol–water partition coefficient (Wildman–Crippen LogP) is 1.72. The largest absolute Gasteiger partial charge is 0.513 e. The standard InChI is InChI=1S/C5H3F5O3/c6-1-4(7,8)2-5(9,10)13-3(11)12-2/h2H,1H2. The predicted molar refractivity (Wildman–Crippen MR) is 27.2 cm³/mol. The number of hydrogen-bond donors (Lipinski definition) is 0. The molecule has 0 amide bonds. The Morgan fingerprint density at radius 2 is 2.00 bits per heavy atom. The second kappa shape index (κ2) is 2.71. The number of rotatable bonds is 2. The zero-order chi connectivity index (χ0) is 10.3. The van der Waals surface area contributed by atoms with E-state index < -0.39 is 31.0 Å². The van der Waals surface area contributed by atoms with Gasteiger partial charge in [0, 0.05) is 0 Å². The van der Waals surface area contributed by atoms with E-state index in [9.17, 15) is 26.7 Å². The van der Waals surface area contributed by atoms with E-state index in [1.807, 2.05) is 0 Å². The molecule has 0 saturated carbocycles. The summed E-state index contributed by atoms with van der Waals surface area (Å²) in [6.07, 6.45) is -9.63. The lowest BCUT2D eigenvalue weighted by Crippen LogP contribution is -2.46. The van der Waals surface area contributed by atoms with Gasteiger partial charge < -0.3 is 9.47 Å². The van der Waals surface area contributed by atoms with Gasteiger partial charge in [0.15, 0.2) is 6.67 Å². The highest BCUT2D eigenvalue weighted by molar-refractivity contribution is 5.63. The Bertz CT molecular complexity index is 228. The van der Waals surface area contributed by atoms with E-state index in [0.717, 1.165) is 0 Å². The zero-order valence-corrected chi connectivity index (χ0v) is 5.90. The van der Waals surface area contributed by atoms with Gasteiger partial charge in [-0.1, -0.05) is 0 Å². The second-order valence-corrected chi connectivity index (χ2v) is 2.31. The molecular weight excluding hydrogens is 203 g/mol. The van der Waals surface area contributed by atoms with Gasteiger partial charge in [0.1, 0.15) is 0 Å². The molecule has 1 heterocycles. The SMILES string of the molecule is O=C1OC(C(F)(F)CF)C(F)(F)O1. The molecule has 3 nitrogen and oxygen atoms in total. The zero-order valence-electron chi connectivity index (χ0n) is 5.90. The number of carbonyl (C=O) groups is 1. The number of hydrogen-bond acceptors (Lipinski definition) is 3. The van der Waals surface area contributed by atoms with Crippen LogP contribution >= 0.6 is 0 Å². The van der Waals surface area contributed by atoms with Crippen LogP contribution in [0.5, 0.6) is 0 Å². The summed E-state index contributed by atoms with van der Waals surface area (Å²) in [6, 6.07) is 0. The van der Waals surface area contributed by atoms with Crippen molar-refractivity contribution in [2.45, 2.75) is 18.1 Å². The van der Waals surface area contributed by atoms with E-state index in [1.54, 1.807) is 0 Å². The molecule has 0 bridgehead atoms. The number of ether oxygens (including phenoxy) is 2. The molecule has 1 rings (SSSR count). The van der Waals surface area contributed by atoms with E-state index in [4.69, 9.17) is 0 Å². The van der Waals surface area contributed by atoms with E-state index >= 15 is 0 Å². The minimum atomic E-state index is -4.49. The van der Waals surface area contributed by atoms with Crippen LogP contribution in [0.1, 0.15) is 0 Å². The van der Waals surface area contributed by atoms with Crippen LogP contribution in [0.4, 0.5) is 26.7 Å². The van der Waals surface area contributed by atoms with E-state index in [0.29, 0.717) is 0 Å². The Hall–Kier alpha value is -1.08. The van der Waals surface area contributed by atoms with Crippen molar-refractivity contribution in [1.29, 1.82) is 0 Å². The minimum absolute atomic E-state index is 1.94. The second-order valence-electron chi connectivity index (χ2n) is 2.31. The molecule has 1 unspecified atom stereocenters. The first kappa shape index (κ1) is 10.0. The Balaban J connectivity index is 2.87. The van der Waals surface area contributed by atoms with E-state index in [-0.39, 0.29) is 0 Å². The summed E-state index contributed by atoms with van der Waals surface area (Å²) in [5.41, 5.74) is 0. The van der Waals surface area contributed by atoms with Crippen LogP contribution in [0, 0.1) is 0 Å². The molecule has 8 heteroatoms. The first-order chi connectivity index (χ1) is 5.79. The summed E-state index contributed by atoms with van der Waals surface area (Å²) < 4.78 is 67.4. The van der Waals surface area contributed by atoms with Gasteiger partial charge in [-0.2, -0.15) is 17.6 Å². The molecule has 1 atom stereocenters. The average Bonchev–Trinajstić information content (AvgIpc) is 2.25. The number of carbonyl (C=O) groups excluding carboxylic acids is 1. The molecular formula is C5H3F5O3. The highest BCUT2D eigenvalue weighted by Crippen LogP contribution is 2.39. The lowest BCUT2D eigenvalue weighted by molar-refractivity contribution is -0.253. The topological polar surface area (TPSA) is 35.5 Å². The van der Waals surface area contributed by atoms with Crippen LogP contribution in [-0.2, 0) is 9.47 Å². The van der Waals surface area contributed by atoms with Crippen LogP contribution in [0.15, 0.2) is 0 Å². The van der Waals surface area contributed by atoms with Gasteiger partial charge >= 0.3 is 18.2 Å². The average molecular weight is 206 g/mol. The first-order valence-corrected chi connectivity index (χ1v) is 3.01. The van der Waals surface area contributed by atoms with Gasteiger partial charge in [-0.15, -0.1) is 0 Å². The van der Waals surface area contributed by atoms with Crippen LogP contribution in [0.25, 0.3) is 0 Å². The van der Waals surface area contributed by atoms with Crippen molar-refractivity contribution < 1.29 is 36.2 Å². The van der Waals surface area contributed by atoms with Gasteiger partial charge in [-0.05, 0) is 0 Å². The molecule has 1 aliphatic rings. The Kier molecular flexibility index (Phi) is 2.08. The normalized spacial score (nSPS) is 26.8. The van der Waals surface area contributed by atoms with Gasteiger partial charge in [-0.25, -0.2) is 9.18 Å². The molecule has 0 aliphatic carbocycles. The minimum Gasteiger partial charge on any atom is -0.413 e. The quantitative estimate of drug-likeness (QED) is 0.509. The Morgan fingerprint density at radius 3 is 2.31 bits per heavy atom. The lowest BCUT2D eigenvalue weighted by Gasteiger charge is -2.20. The van der Waals surface area contributed by atoms with Crippen molar-refractivity contribution in [2.24, 2.45) is 0 Å². The van der Waals surface area contributed by atoms with Crippen molar-refractivity contribution in [3.63, 3.8) is 0 Å². The van der Waals surface area contributed by atoms with E-state index in [1.165, 1.54) is 0 Å². The molecule has 13 heavy (non-hydrogen) atoms. The highest BCUT2D eigenvalue weighted by atomic mass is 19.3.